The molecule has 0 atom stereocenters. The summed E-state index contributed by atoms with van der Waals surface area (Å²) in [5.74, 6) is 0.623. The van der Waals surface area contributed by atoms with E-state index in [1.165, 1.54) is 17.7 Å². The second-order valence-electron chi connectivity index (χ2n) is 5.87. The summed E-state index contributed by atoms with van der Waals surface area (Å²) >= 11 is 0. The molecular weight excluding hydrogens is 301 g/mol. The van der Waals surface area contributed by atoms with E-state index in [2.05, 4.69) is 41.2 Å². The van der Waals surface area contributed by atoms with Crippen LogP contribution in [0.1, 0.15) is 19.2 Å². The molecule has 0 saturated heterocycles. The van der Waals surface area contributed by atoms with Crippen molar-refractivity contribution >= 4 is 11.1 Å². The Bertz CT molecular complexity index is 1010. The summed E-state index contributed by atoms with van der Waals surface area (Å²) in [6, 6.07) is 6.47. The maximum absolute atomic E-state index is 13.5. The summed E-state index contributed by atoms with van der Waals surface area (Å²) in [6.07, 6.45) is 14.8. The van der Waals surface area contributed by atoms with Gasteiger partial charge in [0.15, 0.2) is 0 Å². The molecule has 0 radical (unpaired) electrons. The molecule has 0 fully saturated rings. The van der Waals surface area contributed by atoms with Crippen molar-refractivity contribution in [3.8, 4) is 11.3 Å². The highest BCUT2D eigenvalue weighted by atomic mass is 19.1. The average molecular weight is 317 g/mol. The van der Waals surface area contributed by atoms with Crippen molar-refractivity contribution in [2.75, 3.05) is 0 Å². The van der Waals surface area contributed by atoms with Gasteiger partial charge < -0.3 is 0 Å². The molecule has 2 aromatic heterocycles. The average Bonchev–Trinajstić information content (AvgIpc) is 2.89. The Hall–Kier alpha value is -3.01. The Morgan fingerprint density at radius 3 is 2.88 bits per heavy atom. The number of aromatic nitrogens is 3. The summed E-state index contributed by atoms with van der Waals surface area (Å²) < 4.78 is 15.5. The molecule has 4 heteroatoms. The molecule has 3 nitrogen and oxygen atoms in total. The smallest absolute Gasteiger partial charge is 0.140 e. The molecule has 4 rings (SSSR count). The van der Waals surface area contributed by atoms with Gasteiger partial charge in [-0.25, -0.2) is 9.37 Å². The zero-order valence-electron chi connectivity index (χ0n) is 13.3. The molecule has 2 heterocycles. The number of nitrogens with zero attached hydrogens (tertiary/aromatic N) is 3. The lowest BCUT2D eigenvalue weighted by Gasteiger charge is -2.06. The van der Waals surface area contributed by atoms with Gasteiger partial charge in [-0.15, -0.1) is 0 Å². The number of benzene rings is 1. The minimum Gasteiger partial charge on any atom is -0.296 e. The molecule has 1 aromatic carbocycles. The fourth-order valence-corrected chi connectivity index (χ4v) is 2.82. The number of hydrogen-bond donors (Lipinski definition) is 0. The van der Waals surface area contributed by atoms with Gasteiger partial charge in [-0.3, -0.25) is 9.38 Å². The summed E-state index contributed by atoms with van der Waals surface area (Å²) in [4.78, 5) is 8.99. The van der Waals surface area contributed by atoms with Crippen LogP contribution >= 0.6 is 0 Å². The minimum atomic E-state index is -0.266. The number of halogens is 1. The van der Waals surface area contributed by atoms with Crippen molar-refractivity contribution < 1.29 is 4.39 Å². The van der Waals surface area contributed by atoms with Gasteiger partial charge in [0, 0.05) is 11.8 Å². The van der Waals surface area contributed by atoms with E-state index < -0.39 is 0 Å². The molecule has 0 bridgehead atoms. The molecule has 24 heavy (non-hydrogen) atoms. The molecule has 0 N–H and O–H groups in total. The van der Waals surface area contributed by atoms with Crippen molar-refractivity contribution in [1.82, 2.24) is 14.4 Å². The number of rotatable bonds is 2. The predicted octanol–water partition coefficient (Wildman–Crippen LogP) is 4.83. The lowest BCUT2D eigenvalue weighted by Crippen LogP contribution is -1.96. The topological polar surface area (TPSA) is 30.2 Å². The van der Waals surface area contributed by atoms with Crippen molar-refractivity contribution in [3.05, 3.63) is 84.4 Å². The molecule has 0 amide bonds. The Labute approximate surface area is 139 Å². The highest BCUT2D eigenvalue weighted by Gasteiger charge is 2.11. The van der Waals surface area contributed by atoms with Crippen LogP contribution in [0.2, 0.25) is 0 Å². The van der Waals surface area contributed by atoms with Crippen molar-refractivity contribution in [2.24, 2.45) is 0 Å². The lowest BCUT2D eigenvalue weighted by atomic mass is 10.1. The van der Waals surface area contributed by atoms with E-state index in [-0.39, 0.29) is 5.82 Å². The third-order valence-electron chi connectivity index (χ3n) is 4.09. The first-order chi connectivity index (χ1) is 11.7. The zero-order chi connectivity index (χ0) is 16.5. The highest BCUT2D eigenvalue weighted by Crippen LogP contribution is 2.24. The van der Waals surface area contributed by atoms with Crippen molar-refractivity contribution in [2.45, 2.75) is 13.3 Å². The van der Waals surface area contributed by atoms with Crippen LogP contribution in [0.3, 0.4) is 0 Å². The fraction of sp³-hybridized carbons (Fsp3) is 0.100. The van der Waals surface area contributed by atoms with E-state index in [0.29, 0.717) is 0 Å². The van der Waals surface area contributed by atoms with Crippen LogP contribution < -0.4 is 0 Å². The zero-order valence-corrected chi connectivity index (χ0v) is 13.3. The van der Waals surface area contributed by atoms with Crippen LogP contribution in [-0.2, 0) is 0 Å². The van der Waals surface area contributed by atoms with Crippen LogP contribution in [0.5, 0.6) is 0 Å². The molecule has 0 aliphatic heterocycles. The quantitative estimate of drug-likeness (QED) is 0.678. The largest absolute Gasteiger partial charge is 0.296 e. The van der Waals surface area contributed by atoms with Gasteiger partial charge in [0.25, 0.3) is 0 Å². The van der Waals surface area contributed by atoms with E-state index >= 15 is 0 Å². The fourth-order valence-electron chi connectivity index (χ4n) is 2.82. The number of imidazole rings is 1. The second kappa shape index (κ2) is 5.89. The number of allylic oxidation sites excluding steroid dienone is 6. The first-order valence-corrected chi connectivity index (χ1v) is 7.84. The van der Waals surface area contributed by atoms with Crippen LogP contribution in [-0.4, -0.2) is 14.4 Å². The molecular formula is C20H16FN3. The van der Waals surface area contributed by atoms with Gasteiger partial charge in [-0.1, -0.05) is 42.0 Å². The lowest BCUT2D eigenvalue weighted by molar-refractivity contribution is 0.628. The van der Waals surface area contributed by atoms with Crippen LogP contribution in [0, 0.1) is 5.82 Å². The summed E-state index contributed by atoms with van der Waals surface area (Å²) in [6.45, 7) is 2.07. The monoisotopic (exact) mass is 317 g/mol. The highest BCUT2D eigenvalue weighted by molar-refractivity contribution is 5.69. The normalized spacial score (nSPS) is 14.4. The van der Waals surface area contributed by atoms with Crippen LogP contribution in [0.4, 0.5) is 4.39 Å². The number of hydrogen-bond acceptors (Lipinski definition) is 2. The van der Waals surface area contributed by atoms with Gasteiger partial charge >= 0.3 is 0 Å². The minimum absolute atomic E-state index is 0.266. The summed E-state index contributed by atoms with van der Waals surface area (Å²) in [5, 5.41) is 0. The maximum Gasteiger partial charge on any atom is 0.140 e. The van der Waals surface area contributed by atoms with E-state index in [1.54, 1.807) is 12.3 Å². The third-order valence-corrected chi connectivity index (χ3v) is 4.09. The standard InChI is InChI=1S/C20H16FN3/c1-14-4-2-5-15(9-8-14)20-23-12-18-11-22-19(13-24(18)20)16-6-3-7-17(21)10-16/h2-4,6-13H,5H2,1H3. The van der Waals surface area contributed by atoms with Gasteiger partial charge in [0.2, 0.25) is 0 Å². The molecule has 3 aromatic rings. The maximum atomic E-state index is 13.5. The Morgan fingerprint density at radius 1 is 1.12 bits per heavy atom. The van der Waals surface area contributed by atoms with Crippen LogP contribution in [0.15, 0.2) is 72.7 Å². The number of fused-ring (bicyclic) bond motifs is 1. The summed E-state index contributed by atoms with van der Waals surface area (Å²) in [7, 11) is 0. The molecule has 0 saturated carbocycles. The molecule has 118 valence electrons. The summed E-state index contributed by atoms with van der Waals surface area (Å²) in [5.41, 5.74) is 4.74. The first kappa shape index (κ1) is 14.6. The van der Waals surface area contributed by atoms with Gasteiger partial charge in [0.1, 0.15) is 11.6 Å². The van der Waals surface area contributed by atoms with Crippen molar-refractivity contribution in [1.29, 1.82) is 0 Å². The Kier molecular flexibility index (Phi) is 3.58. The Balaban J connectivity index is 1.84. The van der Waals surface area contributed by atoms with E-state index in [9.17, 15) is 4.39 Å². The molecule has 0 unspecified atom stereocenters. The molecule has 0 spiro atoms. The molecule has 1 aliphatic carbocycles. The Morgan fingerprint density at radius 2 is 2.00 bits per heavy atom. The first-order valence-electron chi connectivity index (χ1n) is 7.84. The van der Waals surface area contributed by atoms with E-state index in [4.69, 9.17) is 0 Å². The van der Waals surface area contributed by atoms with Gasteiger partial charge in [-0.2, -0.15) is 0 Å². The van der Waals surface area contributed by atoms with E-state index in [1.807, 2.05) is 22.9 Å². The van der Waals surface area contributed by atoms with Crippen LogP contribution in [0.25, 0.3) is 22.3 Å². The third kappa shape index (κ3) is 2.67. The molecule has 1 aliphatic rings. The van der Waals surface area contributed by atoms with Crippen molar-refractivity contribution in [3.63, 3.8) is 0 Å². The SMILES string of the molecule is CC1=CC=C(c2ncc3cnc(-c4cccc(F)c4)cn23)CC=C1. The predicted molar refractivity (Wildman–Crippen MR) is 93.9 cm³/mol. The second-order valence-corrected chi connectivity index (χ2v) is 5.87. The van der Waals surface area contributed by atoms with E-state index in [0.717, 1.165) is 34.6 Å². The van der Waals surface area contributed by atoms with Gasteiger partial charge in [0.05, 0.1) is 23.6 Å². The van der Waals surface area contributed by atoms with Gasteiger partial charge in [-0.05, 0) is 31.1 Å².